The second-order valence-electron chi connectivity index (χ2n) is 3.76. The van der Waals surface area contributed by atoms with Crippen LogP contribution in [0.3, 0.4) is 0 Å². The molecule has 0 aliphatic rings. The molecule has 0 fully saturated rings. The van der Waals surface area contributed by atoms with Gasteiger partial charge in [-0.25, -0.2) is 0 Å². The minimum absolute atomic E-state index is 0.608. The Labute approximate surface area is 86.7 Å². The molecular formula is C12H20N2. The average Bonchev–Trinajstić information content (AvgIpc) is 2.21. The molecule has 0 saturated carbocycles. The Hall–Kier alpha value is -0.860. The van der Waals surface area contributed by atoms with Crippen molar-refractivity contribution in [1.29, 1.82) is 0 Å². The minimum Gasteiger partial charge on any atom is -0.318 e. The Kier molecular flexibility index (Phi) is 4.63. The van der Waals surface area contributed by atoms with Gasteiger partial charge in [0.15, 0.2) is 0 Å². The molecule has 2 nitrogen and oxygen atoms in total. The predicted octanol–water partition coefficient (Wildman–Crippen LogP) is 1.99. The van der Waals surface area contributed by atoms with Gasteiger partial charge in [-0.2, -0.15) is 0 Å². The van der Waals surface area contributed by atoms with E-state index in [1.54, 1.807) is 0 Å². The molecule has 1 aromatic carbocycles. The van der Waals surface area contributed by atoms with Crippen molar-refractivity contribution in [2.24, 2.45) is 5.73 Å². The standard InChI is InChI=1S/C12H20N2/c1-3-4-11-5-7-12(8-6-11)9-14(2)10-13/h5-8H,3-4,9-10,13H2,1-2H3. The van der Waals surface area contributed by atoms with Crippen LogP contribution in [0.4, 0.5) is 0 Å². The van der Waals surface area contributed by atoms with Crippen LogP contribution in [0.2, 0.25) is 0 Å². The first-order valence-electron chi connectivity index (χ1n) is 5.22. The quantitative estimate of drug-likeness (QED) is 0.723. The van der Waals surface area contributed by atoms with Crippen molar-refractivity contribution in [3.05, 3.63) is 35.4 Å². The van der Waals surface area contributed by atoms with E-state index < -0.39 is 0 Å². The summed E-state index contributed by atoms with van der Waals surface area (Å²) in [5, 5.41) is 0. The zero-order valence-corrected chi connectivity index (χ0v) is 9.16. The molecule has 14 heavy (non-hydrogen) atoms. The molecule has 0 amide bonds. The third kappa shape index (κ3) is 3.48. The zero-order valence-electron chi connectivity index (χ0n) is 9.16. The van der Waals surface area contributed by atoms with Crippen LogP contribution in [-0.4, -0.2) is 18.6 Å². The first-order valence-corrected chi connectivity index (χ1v) is 5.22. The van der Waals surface area contributed by atoms with Crippen molar-refractivity contribution >= 4 is 0 Å². The van der Waals surface area contributed by atoms with Crippen molar-refractivity contribution in [3.63, 3.8) is 0 Å². The molecule has 1 aromatic rings. The lowest BCUT2D eigenvalue weighted by Crippen LogP contribution is -2.24. The van der Waals surface area contributed by atoms with Crippen molar-refractivity contribution in [2.75, 3.05) is 13.7 Å². The average molecular weight is 192 g/mol. The maximum Gasteiger partial charge on any atom is 0.0455 e. The van der Waals surface area contributed by atoms with Gasteiger partial charge >= 0.3 is 0 Å². The van der Waals surface area contributed by atoms with E-state index in [9.17, 15) is 0 Å². The largest absolute Gasteiger partial charge is 0.318 e. The molecule has 0 aliphatic carbocycles. The van der Waals surface area contributed by atoms with Crippen LogP contribution in [0.25, 0.3) is 0 Å². The van der Waals surface area contributed by atoms with Crippen LogP contribution in [0, 0.1) is 0 Å². The van der Waals surface area contributed by atoms with Gasteiger partial charge < -0.3 is 5.73 Å². The molecule has 2 N–H and O–H groups in total. The molecule has 0 bridgehead atoms. The Morgan fingerprint density at radius 1 is 1.14 bits per heavy atom. The van der Waals surface area contributed by atoms with Crippen molar-refractivity contribution < 1.29 is 0 Å². The number of aryl methyl sites for hydroxylation is 1. The maximum absolute atomic E-state index is 5.52. The summed E-state index contributed by atoms with van der Waals surface area (Å²) in [5.41, 5.74) is 8.28. The second-order valence-corrected chi connectivity index (χ2v) is 3.76. The summed E-state index contributed by atoms with van der Waals surface area (Å²) in [7, 11) is 2.03. The van der Waals surface area contributed by atoms with E-state index in [2.05, 4.69) is 36.1 Å². The van der Waals surface area contributed by atoms with E-state index in [1.165, 1.54) is 24.0 Å². The molecule has 1 rings (SSSR count). The van der Waals surface area contributed by atoms with E-state index in [1.807, 2.05) is 7.05 Å². The van der Waals surface area contributed by atoms with Crippen LogP contribution >= 0.6 is 0 Å². The summed E-state index contributed by atoms with van der Waals surface area (Å²) in [6.07, 6.45) is 2.38. The van der Waals surface area contributed by atoms with Gasteiger partial charge in [0, 0.05) is 13.2 Å². The summed E-state index contributed by atoms with van der Waals surface area (Å²) in [5.74, 6) is 0. The number of rotatable bonds is 5. The summed E-state index contributed by atoms with van der Waals surface area (Å²) in [6, 6.07) is 8.81. The lowest BCUT2D eigenvalue weighted by molar-refractivity contribution is 0.337. The van der Waals surface area contributed by atoms with E-state index >= 15 is 0 Å². The number of nitrogens with two attached hydrogens (primary N) is 1. The topological polar surface area (TPSA) is 29.3 Å². The monoisotopic (exact) mass is 192 g/mol. The fraction of sp³-hybridized carbons (Fsp3) is 0.500. The molecule has 0 unspecified atom stereocenters. The van der Waals surface area contributed by atoms with Gasteiger partial charge in [0.05, 0.1) is 0 Å². The van der Waals surface area contributed by atoms with Gasteiger partial charge in [-0.05, 0) is 24.6 Å². The van der Waals surface area contributed by atoms with E-state index in [0.29, 0.717) is 6.67 Å². The fourth-order valence-corrected chi connectivity index (χ4v) is 1.48. The number of nitrogens with zero attached hydrogens (tertiary/aromatic N) is 1. The van der Waals surface area contributed by atoms with Crippen LogP contribution in [0.1, 0.15) is 24.5 Å². The van der Waals surface area contributed by atoms with Crippen LogP contribution in [0.15, 0.2) is 24.3 Å². The summed E-state index contributed by atoms with van der Waals surface area (Å²) >= 11 is 0. The summed E-state index contributed by atoms with van der Waals surface area (Å²) in [4.78, 5) is 2.09. The van der Waals surface area contributed by atoms with Crippen LogP contribution in [-0.2, 0) is 13.0 Å². The number of benzene rings is 1. The highest BCUT2D eigenvalue weighted by atomic mass is 15.1. The first-order chi connectivity index (χ1) is 6.76. The van der Waals surface area contributed by atoms with Gasteiger partial charge in [-0.15, -0.1) is 0 Å². The van der Waals surface area contributed by atoms with Gasteiger partial charge in [0.1, 0.15) is 0 Å². The predicted molar refractivity (Wildman–Crippen MR) is 61.0 cm³/mol. The van der Waals surface area contributed by atoms with Gasteiger partial charge in [0.2, 0.25) is 0 Å². The molecule has 2 heteroatoms. The van der Waals surface area contributed by atoms with E-state index in [-0.39, 0.29) is 0 Å². The normalized spacial score (nSPS) is 10.9. The lowest BCUT2D eigenvalue weighted by Gasteiger charge is -2.13. The van der Waals surface area contributed by atoms with Gasteiger partial charge in [-0.1, -0.05) is 37.6 Å². The van der Waals surface area contributed by atoms with Gasteiger partial charge in [-0.3, -0.25) is 4.90 Å². The van der Waals surface area contributed by atoms with E-state index in [4.69, 9.17) is 5.73 Å². The third-order valence-electron chi connectivity index (χ3n) is 2.33. The molecule has 0 heterocycles. The third-order valence-corrected chi connectivity index (χ3v) is 2.33. The zero-order chi connectivity index (χ0) is 10.4. The molecule has 0 spiro atoms. The Morgan fingerprint density at radius 2 is 1.71 bits per heavy atom. The highest BCUT2D eigenvalue weighted by Crippen LogP contribution is 2.07. The van der Waals surface area contributed by atoms with E-state index in [0.717, 1.165) is 6.54 Å². The van der Waals surface area contributed by atoms with Crippen LogP contribution in [0.5, 0.6) is 0 Å². The molecule has 0 radical (unpaired) electrons. The fourth-order valence-electron chi connectivity index (χ4n) is 1.48. The minimum atomic E-state index is 0.608. The van der Waals surface area contributed by atoms with Crippen molar-refractivity contribution in [3.8, 4) is 0 Å². The highest BCUT2D eigenvalue weighted by Gasteiger charge is 1.97. The van der Waals surface area contributed by atoms with Gasteiger partial charge in [0.25, 0.3) is 0 Å². The Morgan fingerprint density at radius 3 is 2.21 bits per heavy atom. The molecule has 0 atom stereocenters. The number of hydrogen-bond donors (Lipinski definition) is 1. The van der Waals surface area contributed by atoms with Crippen molar-refractivity contribution in [2.45, 2.75) is 26.3 Å². The smallest absolute Gasteiger partial charge is 0.0455 e. The molecule has 0 aliphatic heterocycles. The lowest BCUT2D eigenvalue weighted by atomic mass is 10.1. The Bertz CT molecular complexity index is 254. The van der Waals surface area contributed by atoms with Crippen LogP contribution < -0.4 is 5.73 Å². The molecule has 78 valence electrons. The molecule has 0 saturated heterocycles. The second kappa shape index (κ2) is 5.78. The first kappa shape index (κ1) is 11.2. The summed E-state index contributed by atoms with van der Waals surface area (Å²) in [6.45, 7) is 3.75. The molecular weight excluding hydrogens is 172 g/mol. The highest BCUT2D eigenvalue weighted by molar-refractivity contribution is 5.22. The summed E-state index contributed by atoms with van der Waals surface area (Å²) < 4.78 is 0. The van der Waals surface area contributed by atoms with Crippen molar-refractivity contribution in [1.82, 2.24) is 4.90 Å². The maximum atomic E-state index is 5.52. The SMILES string of the molecule is CCCc1ccc(CN(C)CN)cc1. The molecule has 0 aromatic heterocycles. The number of hydrogen-bond acceptors (Lipinski definition) is 2. The Balaban J connectivity index is 2.54.